The largest absolute Gasteiger partial charge is 0.381 e. The van der Waals surface area contributed by atoms with Crippen LogP contribution in [0, 0.1) is 5.92 Å². The molecule has 1 fully saturated rings. The van der Waals surface area contributed by atoms with Gasteiger partial charge in [-0.3, -0.25) is 0 Å². The van der Waals surface area contributed by atoms with E-state index in [1.165, 1.54) is 5.56 Å². The lowest BCUT2D eigenvalue weighted by Crippen LogP contribution is -2.35. The van der Waals surface area contributed by atoms with Crippen molar-refractivity contribution in [3.63, 3.8) is 0 Å². The molecule has 0 unspecified atom stereocenters. The normalized spacial score (nSPS) is 18.0. The van der Waals surface area contributed by atoms with E-state index < -0.39 is 0 Å². The van der Waals surface area contributed by atoms with Crippen LogP contribution in [0.5, 0.6) is 0 Å². The number of hydrogen-bond donors (Lipinski definition) is 1. The zero-order valence-electron chi connectivity index (χ0n) is 14.6. The van der Waals surface area contributed by atoms with Crippen molar-refractivity contribution >= 4 is 23.5 Å². The van der Waals surface area contributed by atoms with Gasteiger partial charge < -0.3 is 15.0 Å². The summed E-state index contributed by atoms with van der Waals surface area (Å²) in [6.07, 6.45) is 1.04. The zero-order chi connectivity index (χ0) is 16.9. The van der Waals surface area contributed by atoms with Crippen LogP contribution in [0.15, 0.2) is 24.3 Å². The van der Waals surface area contributed by atoms with Crippen molar-refractivity contribution in [3.8, 4) is 0 Å². The van der Waals surface area contributed by atoms with Gasteiger partial charge >= 0.3 is 6.03 Å². The van der Waals surface area contributed by atoms with Gasteiger partial charge in [0.25, 0.3) is 0 Å². The number of carbonyl (C=O) groups excluding carboxylic acids is 1. The van der Waals surface area contributed by atoms with Crippen LogP contribution in [0.4, 0.5) is 10.5 Å². The Balaban J connectivity index is 1.87. The van der Waals surface area contributed by atoms with Crippen molar-refractivity contribution in [3.05, 3.63) is 29.8 Å². The molecule has 2 rings (SSSR count). The second kappa shape index (κ2) is 8.06. The van der Waals surface area contributed by atoms with E-state index in [2.05, 4.69) is 38.2 Å². The number of urea groups is 1. The van der Waals surface area contributed by atoms with Crippen LogP contribution in [0.2, 0.25) is 0 Å². The first-order valence-electron chi connectivity index (χ1n) is 8.16. The van der Waals surface area contributed by atoms with Gasteiger partial charge in [-0.15, -0.1) is 0 Å². The van der Waals surface area contributed by atoms with Crippen LogP contribution < -0.4 is 5.32 Å². The molecule has 1 aliphatic rings. The zero-order valence-corrected chi connectivity index (χ0v) is 15.4. The Bertz CT molecular complexity index is 522. The molecule has 1 aliphatic heterocycles. The number of nitrogens with one attached hydrogen (secondary N) is 1. The summed E-state index contributed by atoms with van der Waals surface area (Å²) in [6, 6.07) is 8.05. The average molecular weight is 337 g/mol. The molecule has 0 bridgehead atoms. The first-order chi connectivity index (χ1) is 10.8. The van der Waals surface area contributed by atoms with Crippen molar-refractivity contribution in [1.29, 1.82) is 0 Å². The van der Waals surface area contributed by atoms with Crippen molar-refractivity contribution in [2.24, 2.45) is 5.92 Å². The number of carbonyl (C=O) groups is 1. The molecule has 1 atom stereocenters. The highest BCUT2D eigenvalue weighted by molar-refractivity contribution is 7.99. The fourth-order valence-corrected chi connectivity index (χ4v) is 3.23. The Labute approximate surface area is 144 Å². The van der Waals surface area contributed by atoms with Gasteiger partial charge in [-0.05, 0) is 24.1 Å². The molecule has 23 heavy (non-hydrogen) atoms. The number of benzene rings is 1. The third-order valence-electron chi connectivity index (χ3n) is 3.75. The summed E-state index contributed by atoms with van der Waals surface area (Å²) in [4.78, 5) is 14.0. The van der Waals surface area contributed by atoms with Crippen molar-refractivity contribution < 1.29 is 9.53 Å². The quantitative estimate of drug-likeness (QED) is 0.875. The van der Waals surface area contributed by atoms with E-state index in [4.69, 9.17) is 4.74 Å². The van der Waals surface area contributed by atoms with E-state index >= 15 is 0 Å². The van der Waals surface area contributed by atoms with E-state index in [9.17, 15) is 4.79 Å². The van der Waals surface area contributed by atoms with Crippen LogP contribution >= 0.6 is 11.8 Å². The molecule has 2 amide bonds. The first kappa shape index (κ1) is 18.1. The van der Waals surface area contributed by atoms with E-state index in [1.807, 2.05) is 30.9 Å². The molecule has 1 heterocycles. The average Bonchev–Trinajstić information content (AvgIpc) is 2.97. The maximum Gasteiger partial charge on any atom is 0.321 e. The summed E-state index contributed by atoms with van der Waals surface area (Å²) < 4.78 is 5.60. The minimum absolute atomic E-state index is 0.0578. The summed E-state index contributed by atoms with van der Waals surface area (Å²) in [5.74, 6) is 1.41. The summed E-state index contributed by atoms with van der Waals surface area (Å²) in [5, 5.41) is 2.99. The number of ether oxygens (including phenoxy) is 1. The summed E-state index contributed by atoms with van der Waals surface area (Å²) in [5.41, 5.74) is 2.09. The molecule has 1 aromatic rings. The van der Waals surface area contributed by atoms with Gasteiger partial charge in [0.2, 0.25) is 0 Å². The Morgan fingerprint density at radius 2 is 2.22 bits per heavy atom. The Kier molecular flexibility index (Phi) is 6.36. The third kappa shape index (κ3) is 6.43. The predicted octanol–water partition coefficient (Wildman–Crippen LogP) is 4.22. The standard InChI is InChI=1S/C18H28N2O2S/c1-18(2,3)23-13-14-6-5-7-16(10-14)19-17(21)20(4)11-15-8-9-22-12-15/h5-7,10,15H,8-9,11-13H2,1-4H3,(H,19,21)/t15-/m1/s1. The topological polar surface area (TPSA) is 41.6 Å². The lowest BCUT2D eigenvalue weighted by atomic mass is 10.1. The smallest absolute Gasteiger partial charge is 0.321 e. The van der Waals surface area contributed by atoms with Crippen LogP contribution in [0.25, 0.3) is 0 Å². The van der Waals surface area contributed by atoms with Gasteiger partial charge in [-0.1, -0.05) is 32.9 Å². The van der Waals surface area contributed by atoms with Crippen molar-refractivity contribution in [2.75, 3.05) is 32.1 Å². The highest BCUT2D eigenvalue weighted by Gasteiger charge is 2.20. The maximum atomic E-state index is 12.3. The lowest BCUT2D eigenvalue weighted by Gasteiger charge is -2.21. The molecule has 4 nitrogen and oxygen atoms in total. The van der Waals surface area contributed by atoms with E-state index in [0.717, 1.165) is 37.6 Å². The van der Waals surface area contributed by atoms with Gasteiger partial charge in [-0.25, -0.2) is 4.79 Å². The number of nitrogens with zero attached hydrogens (tertiary/aromatic N) is 1. The second-order valence-electron chi connectivity index (χ2n) is 7.14. The molecule has 0 spiro atoms. The molecule has 1 saturated heterocycles. The highest BCUT2D eigenvalue weighted by Crippen LogP contribution is 2.28. The number of thioether (sulfide) groups is 1. The number of rotatable bonds is 5. The molecule has 1 aromatic carbocycles. The third-order valence-corrected chi connectivity index (χ3v) is 5.10. The van der Waals surface area contributed by atoms with E-state index in [1.54, 1.807) is 4.90 Å². The summed E-state index contributed by atoms with van der Waals surface area (Å²) in [7, 11) is 1.84. The number of hydrogen-bond acceptors (Lipinski definition) is 3. The molecule has 0 radical (unpaired) electrons. The lowest BCUT2D eigenvalue weighted by molar-refractivity contribution is 0.175. The second-order valence-corrected chi connectivity index (χ2v) is 8.94. The van der Waals surface area contributed by atoms with E-state index in [-0.39, 0.29) is 10.8 Å². The molecule has 0 aromatic heterocycles. The van der Waals surface area contributed by atoms with Gasteiger partial charge in [0.05, 0.1) is 6.61 Å². The van der Waals surface area contributed by atoms with Crippen LogP contribution in [-0.4, -0.2) is 42.5 Å². The maximum absolute atomic E-state index is 12.3. The number of anilines is 1. The molecule has 5 heteroatoms. The Hall–Kier alpha value is -1.20. The van der Waals surface area contributed by atoms with Gasteiger partial charge in [-0.2, -0.15) is 11.8 Å². The molecule has 1 N–H and O–H groups in total. The molecule has 0 aliphatic carbocycles. The molecule has 0 saturated carbocycles. The SMILES string of the molecule is CN(C[C@H]1CCOC1)C(=O)Nc1cccc(CSC(C)(C)C)c1. The fraction of sp³-hybridized carbons (Fsp3) is 0.611. The fourth-order valence-electron chi connectivity index (χ4n) is 2.46. The molecular formula is C18H28N2O2S. The predicted molar refractivity (Wildman–Crippen MR) is 98.1 cm³/mol. The Morgan fingerprint density at radius 1 is 1.43 bits per heavy atom. The van der Waals surface area contributed by atoms with Gasteiger partial charge in [0.15, 0.2) is 0 Å². The summed E-state index contributed by atoms with van der Waals surface area (Å²) in [6.45, 7) is 8.96. The van der Waals surface area contributed by atoms with Crippen LogP contribution in [0.1, 0.15) is 32.8 Å². The van der Waals surface area contributed by atoms with Crippen LogP contribution in [-0.2, 0) is 10.5 Å². The monoisotopic (exact) mass is 336 g/mol. The number of amides is 2. The molecule has 128 valence electrons. The molecular weight excluding hydrogens is 308 g/mol. The van der Waals surface area contributed by atoms with E-state index in [0.29, 0.717) is 5.92 Å². The Morgan fingerprint density at radius 3 is 2.87 bits per heavy atom. The first-order valence-corrected chi connectivity index (χ1v) is 9.15. The summed E-state index contributed by atoms with van der Waals surface area (Å²) >= 11 is 1.90. The van der Waals surface area contributed by atoms with Gasteiger partial charge in [0, 0.05) is 42.3 Å². The minimum atomic E-state index is -0.0578. The van der Waals surface area contributed by atoms with Crippen LogP contribution in [0.3, 0.4) is 0 Å². The van der Waals surface area contributed by atoms with Crippen molar-refractivity contribution in [2.45, 2.75) is 37.7 Å². The van der Waals surface area contributed by atoms with Gasteiger partial charge in [0.1, 0.15) is 0 Å². The van der Waals surface area contributed by atoms with Crippen molar-refractivity contribution in [1.82, 2.24) is 4.90 Å². The minimum Gasteiger partial charge on any atom is -0.381 e. The highest BCUT2D eigenvalue weighted by atomic mass is 32.2.